The number of nitrogens with one attached hydrogen (secondary N) is 2. The second kappa shape index (κ2) is 10.3. The van der Waals surface area contributed by atoms with Gasteiger partial charge in [0.2, 0.25) is 0 Å². The molecule has 0 fully saturated rings. The van der Waals surface area contributed by atoms with E-state index in [0.29, 0.717) is 27.4 Å². The molecule has 1 aromatic heterocycles. The van der Waals surface area contributed by atoms with Crippen molar-refractivity contribution in [2.75, 3.05) is 10.6 Å². The van der Waals surface area contributed by atoms with Crippen LogP contribution >= 0.6 is 0 Å². The summed E-state index contributed by atoms with van der Waals surface area (Å²) >= 11 is 0. The topological polar surface area (TPSA) is 151 Å². The molecule has 9 nitrogen and oxygen atoms in total. The van der Waals surface area contributed by atoms with Crippen molar-refractivity contribution in [2.24, 2.45) is 5.73 Å². The van der Waals surface area contributed by atoms with E-state index in [4.69, 9.17) is 5.73 Å². The van der Waals surface area contributed by atoms with E-state index < -0.39 is 28.0 Å². The Morgan fingerprint density at radius 2 is 1.59 bits per heavy atom. The van der Waals surface area contributed by atoms with Crippen molar-refractivity contribution in [1.82, 2.24) is 4.98 Å². The molecular weight excluding hydrogens is 432 g/mol. The number of anilines is 2. The Morgan fingerprint density at radius 3 is 2.16 bits per heavy atom. The van der Waals surface area contributed by atoms with Gasteiger partial charge in [-0.3, -0.25) is 18.8 Å². The number of hydrogen-bond acceptors (Lipinski definition) is 5. The van der Waals surface area contributed by atoms with E-state index in [1.54, 1.807) is 54.7 Å². The SMILES string of the molecule is NC(=O)Nc1ccc(C(=O)Nc2ccc(S(=O)C(CC(=O)O)c3cccnc3)cc2)cc1. The lowest BCUT2D eigenvalue weighted by Crippen LogP contribution is -2.19. The van der Waals surface area contributed by atoms with Crippen molar-refractivity contribution in [3.05, 3.63) is 84.2 Å². The number of amides is 3. The first-order valence-corrected chi connectivity index (χ1v) is 10.6. The highest BCUT2D eigenvalue weighted by Gasteiger charge is 2.24. The van der Waals surface area contributed by atoms with E-state index in [9.17, 15) is 23.7 Å². The predicted molar refractivity (Wildman–Crippen MR) is 120 cm³/mol. The van der Waals surface area contributed by atoms with Crippen LogP contribution in [0.1, 0.15) is 27.6 Å². The number of benzene rings is 2. The molecule has 0 spiro atoms. The minimum Gasteiger partial charge on any atom is -0.481 e. The maximum atomic E-state index is 13.0. The highest BCUT2D eigenvalue weighted by molar-refractivity contribution is 7.85. The van der Waals surface area contributed by atoms with E-state index in [-0.39, 0.29) is 12.3 Å². The molecule has 0 aliphatic heterocycles. The van der Waals surface area contributed by atoms with E-state index >= 15 is 0 Å². The Bertz CT molecular complexity index is 1140. The molecular formula is C22H20N4O5S. The highest BCUT2D eigenvalue weighted by atomic mass is 32.2. The number of carboxylic acid groups (broad SMARTS) is 1. The number of nitrogens with two attached hydrogens (primary N) is 1. The summed E-state index contributed by atoms with van der Waals surface area (Å²) in [5.41, 5.74) is 6.93. The number of hydrogen-bond donors (Lipinski definition) is 4. The van der Waals surface area contributed by atoms with Crippen molar-refractivity contribution < 1.29 is 23.7 Å². The van der Waals surface area contributed by atoms with Gasteiger partial charge in [-0.25, -0.2) is 4.79 Å². The number of aliphatic carboxylic acids is 1. The highest BCUT2D eigenvalue weighted by Crippen LogP contribution is 2.28. The van der Waals surface area contributed by atoms with Crippen LogP contribution in [0.25, 0.3) is 0 Å². The summed E-state index contributed by atoms with van der Waals surface area (Å²) in [6.07, 6.45) is 2.76. The Labute approximate surface area is 186 Å². The molecule has 2 atom stereocenters. The van der Waals surface area contributed by atoms with Crippen molar-refractivity contribution in [1.29, 1.82) is 0 Å². The number of primary amides is 1. The normalized spacial score (nSPS) is 12.4. The van der Waals surface area contributed by atoms with Gasteiger partial charge in [-0.05, 0) is 60.2 Å². The third-order valence-corrected chi connectivity index (χ3v) is 6.13. The fraction of sp³-hybridized carbons (Fsp3) is 0.0909. The number of carboxylic acids is 1. The average Bonchev–Trinajstić information content (AvgIpc) is 2.78. The van der Waals surface area contributed by atoms with Gasteiger partial charge in [0.05, 0.1) is 22.5 Å². The molecule has 3 amide bonds. The second-order valence-electron chi connectivity index (χ2n) is 6.72. The van der Waals surface area contributed by atoms with Gasteiger partial charge < -0.3 is 21.5 Å². The number of pyridine rings is 1. The van der Waals surface area contributed by atoms with E-state index in [1.165, 1.54) is 18.3 Å². The smallest absolute Gasteiger partial charge is 0.316 e. The van der Waals surface area contributed by atoms with Crippen LogP contribution in [-0.4, -0.2) is 32.2 Å². The maximum absolute atomic E-state index is 13.0. The summed E-state index contributed by atoms with van der Waals surface area (Å²) in [6.45, 7) is 0. The van der Waals surface area contributed by atoms with Gasteiger partial charge in [-0.1, -0.05) is 6.07 Å². The molecule has 0 saturated heterocycles. The van der Waals surface area contributed by atoms with Crippen LogP contribution in [-0.2, 0) is 15.6 Å². The molecule has 32 heavy (non-hydrogen) atoms. The molecule has 0 aliphatic rings. The molecule has 0 bridgehead atoms. The minimum atomic E-state index is -1.64. The van der Waals surface area contributed by atoms with Gasteiger partial charge in [0.25, 0.3) is 5.91 Å². The van der Waals surface area contributed by atoms with Crippen LogP contribution in [0.2, 0.25) is 0 Å². The standard InChI is InChI=1S/C22H20N4O5S/c23-22(30)26-17-5-3-14(4-6-17)21(29)25-16-7-9-18(10-8-16)32(31)19(12-20(27)28)15-2-1-11-24-13-15/h1-11,13,19H,12H2,(H,25,29)(H,27,28)(H3,23,26,30). The van der Waals surface area contributed by atoms with E-state index in [0.717, 1.165) is 0 Å². The monoisotopic (exact) mass is 452 g/mol. The van der Waals surface area contributed by atoms with Crippen molar-refractivity contribution in [3.63, 3.8) is 0 Å². The summed E-state index contributed by atoms with van der Waals surface area (Å²) < 4.78 is 13.0. The van der Waals surface area contributed by atoms with Crippen molar-refractivity contribution in [3.8, 4) is 0 Å². The van der Waals surface area contributed by atoms with Crippen LogP contribution in [0.4, 0.5) is 16.2 Å². The predicted octanol–water partition coefficient (Wildman–Crippen LogP) is 3.15. The number of carbonyl (C=O) groups excluding carboxylic acids is 2. The zero-order chi connectivity index (χ0) is 23.1. The molecule has 10 heteroatoms. The largest absolute Gasteiger partial charge is 0.481 e. The van der Waals surface area contributed by atoms with Crippen molar-refractivity contribution in [2.45, 2.75) is 16.6 Å². The fourth-order valence-electron chi connectivity index (χ4n) is 2.93. The molecule has 1 heterocycles. The van der Waals surface area contributed by atoms with Gasteiger partial charge in [-0.15, -0.1) is 0 Å². The summed E-state index contributed by atoms with van der Waals surface area (Å²) in [4.78, 5) is 39.0. The quantitative estimate of drug-likeness (QED) is 0.412. The number of carbonyl (C=O) groups is 3. The summed E-state index contributed by atoms with van der Waals surface area (Å²) in [7, 11) is -1.64. The maximum Gasteiger partial charge on any atom is 0.316 e. The van der Waals surface area contributed by atoms with Gasteiger partial charge in [0, 0.05) is 34.2 Å². The Hall–Kier alpha value is -4.05. The van der Waals surface area contributed by atoms with E-state index in [1.807, 2.05) is 0 Å². The van der Waals surface area contributed by atoms with Crippen LogP contribution in [0, 0.1) is 0 Å². The summed E-state index contributed by atoms with van der Waals surface area (Å²) in [5, 5.41) is 13.6. The lowest BCUT2D eigenvalue weighted by atomic mass is 10.1. The number of aromatic nitrogens is 1. The number of rotatable bonds is 8. The zero-order valence-corrected chi connectivity index (χ0v) is 17.5. The molecule has 0 saturated carbocycles. The van der Waals surface area contributed by atoms with Gasteiger partial charge >= 0.3 is 12.0 Å². The van der Waals surface area contributed by atoms with Crippen LogP contribution < -0.4 is 16.4 Å². The van der Waals surface area contributed by atoms with Gasteiger partial charge in [-0.2, -0.15) is 0 Å². The summed E-state index contributed by atoms with van der Waals surface area (Å²) in [6, 6.07) is 15.2. The molecule has 3 rings (SSSR count). The van der Waals surface area contributed by atoms with Gasteiger partial charge in [0.15, 0.2) is 0 Å². The molecule has 164 valence electrons. The third-order valence-electron chi connectivity index (χ3n) is 4.43. The second-order valence-corrected chi connectivity index (χ2v) is 8.35. The fourth-order valence-corrected chi connectivity index (χ4v) is 4.34. The van der Waals surface area contributed by atoms with Crippen LogP contribution in [0.15, 0.2) is 78.0 Å². The molecule has 0 aliphatic carbocycles. The van der Waals surface area contributed by atoms with Crippen molar-refractivity contribution >= 4 is 40.1 Å². The van der Waals surface area contributed by atoms with E-state index in [2.05, 4.69) is 15.6 Å². The Kier molecular flexibility index (Phi) is 7.29. The molecule has 2 aromatic carbocycles. The average molecular weight is 452 g/mol. The van der Waals surface area contributed by atoms with Crippen LogP contribution in [0.5, 0.6) is 0 Å². The first-order chi connectivity index (χ1) is 15.3. The molecule has 0 radical (unpaired) electrons. The lowest BCUT2D eigenvalue weighted by Gasteiger charge is -2.15. The first kappa shape index (κ1) is 22.6. The number of urea groups is 1. The molecule has 2 unspecified atom stereocenters. The number of nitrogens with zero attached hydrogens (tertiary/aromatic N) is 1. The molecule has 5 N–H and O–H groups in total. The minimum absolute atomic E-state index is 0.308. The Balaban J connectivity index is 1.70. The van der Waals surface area contributed by atoms with Crippen LogP contribution in [0.3, 0.4) is 0 Å². The zero-order valence-electron chi connectivity index (χ0n) is 16.7. The third kappa shape index (κ3) is 5.99. The van der Waals surface area contributed by atoms with Gasteiger partial charge in [0.1, 0.15) is 0 Å². The summed E-state index contributed by atoms with van der Waals surface area (Å²) in [5.74, 6) is -1.43. The Morgan fingerprint density at radius 1 is 0.969 bits per heavy atom. The lowest BCUT2D eigenvalue weighted by molar-refractivity contribution is -0.137. The first-order valence-electron chi connectivity index (χ1n) is 9.43. The molecule has 3 aromatic rings.